The van der Waals surface area contributed by atoms with Crippen molar-refractivity contribution < 1.29 is 101 Å². The Balaban J connectivity index is -0.000000215. The molecule has 0 aliphatic heterocycles. The molecule has 2 N–H and O–H groups in total. The van der Waals surface area contributed by atoms with E-state index in [1.807, 2.05) is 20.3 Å². The Hall–Kier alpha value is -0.0961. The van der Waals surface area contributed by atoms with Gasteiger partial charge in [0.15, 0.2) is 0 Å². The number of carbonyl (C=O) groups excluding carboxylic acids is 2. The zero-order valence-electron chi connectivity index (χ0n) is 29.0. The largest absolute Gasteiger partial charge is 2.00 e. The molecule has 278 valence electrons. The monoisotopic (exact) mass is 1310 g/mol. The van der Waals surface area contributed by atoms with E-state index >= 15 is 0 Å². The van der Waals surface area contributed by atoms with E-state index < -0.39 is 11.9 Å². The van der Waals surface area contributed by atoms with Crippen LogP contribution in [0.1, 0.15) is 52.5 Å². The number of ether oxygens (including phenoxy) is 4. The Morgan fingerprint density at radius 1 is 0.820 bits per heavy atom. The van der Waals surface area contributed by atoms with Crippen LogP contribution in [0.5, 0.6) is 11.5 Å². The van der Waals surface area contributed by atoms with Crippen molar-refractivity contribution in [2.24, 2.45) is 14.1 Å². The number of aliphatic hydroxyl groups is 2. The van der Waals surface area contributed by atoms with Gasteiger partial charge in [-0.1, -0.05) is 52.3 Å². The van der Waals surface area contributed by atoms with E-state index in [4.69, 9.17) is 18.9 Å². The minimum atomic E-state index is -0.424. The first-order chi connectivity index (χ1) is 21.3. The zero-order chi connectivity index (χ0) is 34.6. The van der Waals surface area contributed by atoms with Crippen LogP contribution in [0.3, 0.4) is 0 Å². The van der Waals surface area contributed by atoms with Crippen LogP contribution in [-0.2, 0) is 36.8 Å². The van der Waals surface area contributed by atoms with Crippen LogP contribution in [0.25, 0.3) is 21.8 Å². The van der Waals surface area contributed by atoms with Crippen LogP contribution in [0, 0.1) is 96.0 Å². The Bertz CT molecular complexity index is 1630. The number of aliphatic hydroxyl groups excluding tert-OH is 2. The zero-order valence-corrected chi connectivity index (χ0v) is 42.5. The molecule has 0 aliphatic carbocycles. The molecular weight excluding hydrogens is 1260 g/mol. The number of nitrogens with zero attached hydrogens (tertiary/aromatic N) is 2. The van der Waals surface area contributed by atoms with Crippen molar-refractivity contribution in [1.29, 1.82) is 0 Å². The van der Waals surface area contributed by atoms with E-state index in [1.165, 1.54) is 28.4 Å². The van der Waals surface area contributed by atoms with E-state index in [1.54, 1.807) is 35.4 Å². The molecule has 0 spiro atoms. The first kappa shape index (κ1) is 59.2. The normalized spacial score (nSPS) is 9.66. The fourth-order valence-electron chi connectivity index (χ4n) is 4.41. The number of aromatic nitrogens is 2. The third-order valence-electron chi connectivity index (χ3n) is 6.52. The molecule has 0 radical (unpaired) electrons. The number of aryl methyl sites for hydroxylation is 3. The summed E-state index contributed by atoms with van der Waals surface area (Å²) in [5.74, 6) is 0.192. The summed E-state index contributed by atoms with van der Waals surface area (Å²) in [6.45, 7) is 12.7. The molecule has 2 atom stereocenters. The van der Waals surface area contributed by atoms with Crippen molar-refractivity contribution in [2.75, 3.05) is 41.8 Å². The number of fused-ring (bicyclic) bond motifs is 2. The van der Waals surface area contributed by atoms with Gasteiger partial charge in [0, 0.05) is 41.9 Å². The molecular formula is C34H52Br2N2O8P2U2. The molecule has 0 aliphatic rings. The second-order valence-corrected chi connectivity index (χ2v) is 12.1. The van der Waals surface area contributed by atoms with Crippen LogP contribution in [0.4, 0.5) is 0 Å². The smallest absolute Gasteiger partial charge is 0.522 e. The molecule has 0 saturated carbocycles. The van der Waals surface area contributed by atoms with E-state index in [2.05, 4.69) is 51.3 Å². The Morgan fingerprint density at radius 2 is 1.24 bits per heavy atom. The van der Waals surface area contributed by atoms with Crippen LogP contribution in [0.15, 0.2) is 21.1 Å². The Kier molecular flexibility index (Phi) is 34.7. The molecule has 2 heterocycles. The molecule has 0 bridgehead atoms. The number of carbonyl (C=O) groups is 2. The summed E-state index contributed by atoms with van der Waals surface area (Å²) in [6.07, 6.45) is 0. The maximum absolute atomic E-state index is 11.8. The topological polar surface area (TPSA) is 121 Å². The quantitative estimate of drug-likeness (QED) is 0.112. The predicted octanol–water partition coefficient (Wildman–Crippen LogP) is 8.46. The minimum absolute atomic E-state index is 0. The van der Waals surface area contributed by atoms with Gasteiger partial charge in [0.25, 0.3) is 0 Å². The van der Waals surface area contributed by atoms with Crippen molar-refractivity contribution in [2.45, 2.75) is 35.0 Å². The van der Waals surface area contributed by atoms with Gasteiger partial charge in [-0.2, -0.15) is 0 Å². The molecule has 2 unspecified atom stereocenters. The molecule has 0 saturated heterocycles. The van der Waals surface area contributed by atoms with Crippen molar-refractivity contribution in [3.63, 3.8) is 0 Å². The standard InChI is InChI=1S/C14H16NO4.C13H13Br2NO4.2C2H6P.2CH4.CH3.2U/c1-8-9-5-12(14(17)19-4)15(2)11(9)6-13(18-3)10(8)7-16;1-16-8(13(18)20-3)4-6-9(14)7(5-17)12(19-2)10(15)11(6)16;2*1-3-2;;;;;/h5,16H,7H2,1-4H3;4,17H,5H2,1-3H3;2*3H,1H2,2H3;2*1H4;1H3;;/q-1;;2*-1;;;-1;2*+2. The Morgan fingerprint density at radius 3 is 1.62 bits per heavy atom. The van der Waals surface area contributed by atoms with Gasteiger partial charge in [0.2, 0.25) is 0 Å². The number of methoxy groups -OCH3 is 4. The molecule has 16 heteroatoms. The van der Waals surface area contributed by atoms with Crippen molar-refractivity contribution >= 4 is 82.8 Å². The van der Waals surface area contributed by atoms with Gasteiger partial charge in [0.1, 0.15) is 17.1 Å². The molecule has 0 fully saturated rings. The summed E-state index contributed by atoms with van der Waals surface area (Å²) in [7, 11) is 10.9. The number of halogens is 2. The average Bonchev–Trinajstić information content (AvgIpc) is 3.56. The summed E-state index contributed by atoms with van der Waals surface area (Å²) >= 11 is 6.93. The first-order valence-electron chi connectivity index (χ1n) is 13.2. The molecule has 10 nitrogen and oxygen atoms in total. The van der Waals surface area contributed by atoms with Crippen LogP contribution in [-0.4, -0.2) is 73.1 Å². The molecule has 2 aromatic heterocycles. The fraction of sp³-hybridized carbons (Fsp3) is 0.382. The SMILES string of the molecule is C.C.COC(=O)c1cc2c(Br)c(CO)c(OC)c(Br)c2n1C.COC(=O)c1cc2c(C)c(CO)c(OC)[c-]c2n1C.[CH2-]PC.[CH2-]PC.[CH3-].[U+2].[U+2]. The van der Waals surface area contributed by atoms with E-state index in [9.17, 15) is 19.8 Å². The molecule has 4 aromatic rings. The molecule has 0 amide bonds. The van der Waals surface area contributed by atoms with Gasteiger partial charge in [0.05, 0.1) is 45.0 Å². The Labute approximate surface area is 367 Å². The molecule has 50 heavy (non-hydrogen) atoms. The maximum atomic E-state index is 11.8. The maximum Gasteiger partial charge on any atom is 2.00 e. The van der Waals surface area contributed by atoms with Gasteiger partial charge in [-0.15, -0.1) is 17.0 Å². The van der Waals surface area contributed by atoms with Gasteiger partial charge in [-0.25, -0.2) is 9.59 Å². The summed E-state index contributed by atoms with van der Waals surface area (Å²) in [6, 6.07) is 6.54. The van der Waals surface area contributed by atoms with E-state index in [0.29, 0.717) is 43.0 Å². The summed E-state index contributed by atoms with van der Waals surface area (Å²) in [5, 5.41) is 20.6. The summed E-state index contributed by atoms with van der Waals surface area (Å²) < 4.78 is 24.9. The van der Waals surface area contributed by atoms with E-state index in [-0.39, 0.29) is 97.7 Å². The van der Waals surface area contributed by atoms with Crippen LogP contribution < -0.4 is 9.47 Å². The third kappa shape index (κ3) is 13.6. The van der Waals surface area contributed by atoms with Gasteiger partial charge in [-0.3, -0.25) is 17.2 Å². The van der Waals surface area contributed by atoms with Crippen LogP contribution in [0.2, 0.25) is 0 Å². The molecule has 4 rings (SSSR count). The number of hydrogen-bond acceptors (Lipinski definition) is 8. The first-order valence-corrected chi connectivity index (χ1v) is 18.2. The van der Waals surface area contributed by atoms with Crippen molar-refractivity contribution in [3.8, 4) is 11.5 Å². The van der Waals surface area contributed by atoms with Gasteiger partial charge >= 0.3 is 74.2 Å². The average molecular weight is 1310 g/mol. The fourth-order valence-corrected chi connectivity index (χ4v) is 5.90. The number of benzene rings is 2. The second kappa shape index (κ2) is 29.3. The van der Waals surface area contributed by atoms with Gasteiger partial charge in [-0.05, 0) is 37.9 Å². The van der Waals surface area contributed by atoms with Gasteiger partial charge < -0.3 is 59.1 Å². The third-order valence-corrected chi connectivity index (χ3v) is 8.17. The number of esters is 2. The molecule has 2 aromatic carbocycles. The van der Waals surface area contributed by atoms with Crippen LogP contribution >= 0.6 is 49.0 Å². The summed E-state index contributed by atoms with van der Waals surface area (Å²) in [5.41, 5.74) is 4.55. The summed E-state index contributed by atoms with van der Waals surface area (Å²) in [4.78, 5) is 23.5. The minimum Gasteiger partial charge on any atom is -0.522 e. The second-order valence-electron chi connectivity index (χ2n) is 9.11. The number of rotatable bonds is 6. The van der Waals surface area contributed by atoms with Crippen molar-refractivity contribution in [3.05, 3.63) is 76.0 Å². The van der Waals surface area contributed by atoms with E-state index in [0.717, 1.165) is 44.5 Å². The number of hydrogen-bond donors (Lipinski definition) is 2. The predicted molar refractivity (Wildman–Crippen MR) is 212 cm³/mol. The van der Waals surface area contributed by atoms with Crippen molar-refractivity contribution in [1.82, 2.24) is 9.13 Å².